The molecule has 0 spiro atoms. The summed E-state index contributed by atoms with van der Waals surface area (Å²) in [6, 6.07) is 4.06. The van der Waals surface area contributed by atoms with Crippen molar-refractivity contribution >= 4 is 17.6 Å². The number of aromatic carboxylic acids is 1. The van der Waals surface area contributed by atoms with Crippen LogP contribution in [0.5, 0.6) is 0 Å². The van der Waals surface area contributed by atoms with Gasteiger partial charge in [-0.3, -0.25) is 0 Å². The molecule has 1 rings (SSSR count). The molecular weight excluding hydrogens is 204 g/mol. The van der Waals surface area contributed by atoms with E-state index in [-0.39, 0.29) is 18.2 Å². The number of benzene rings is 1. The molecule has 14 heavy (non-hydrogen) atoms. The van der Waals surface area contributed by atoms with Crippen LogP contribution in [0, 0.1) is 0 Å². The normalized spacial score (nSPS) is 12.5. The van der Waals surface area contributed by atoms with E-state index < -0.39 is 5.97 Å². The lowest BCUT2D eigenvalue weighted by Crippen LogP contribution is -2.21. The average molecular weight is 215 g/mol. The van der Waals surface area contributed by atoms with Crippen molar-refractivity contribution in [1.29, 1.82) is 0 Å². The Morgan fingerprint density at radius 1 is 1.57 bits per heavy atom. The van der Waals surface area contributed by atoms with Gasteiger partial charge >= 0.3 is 5.97 Å². The van der Waals surface area contributed by atoms with Gasteiger partial charge in [0, 0.05) is 17.6 Å². The molecule has 5 heteroatoms. The van der Waals surface area contributed by atoms with E-state index in [0.717, 1.165) is 0 Å². The third kappa shape index (κ3) is 2.23. The first-order chi connectivity index (χ1) is 6.56. The summed E-state index contributed by atoms with van der Waals surface area (Å²) in [5.41, 5.74) is 11.8. The molecule has 76 valence electrons. The molecule has 0 aromatic heterocycles. The van der Waals surface area contributed by atoms with Crippen LogP contribution in [0.2, 0.25) is 5.02 Å². The predicted molar refractivity (Wildman–Crippen MR) is 54.4 cm³/mol. The van der Waals surface area contributed by atoms with Crippen LogP contribution in [-0.2, 0) is 0 Å². The molecule has 4 nitrogen and oxygen atoms in total. The summed E-state index contributed by atoms with van der Waals surface area (Å²) in [5, 5.41) is 9.02. The Morgan fingerprint density at radius 3 is 2.64 bits per heavy atom. The second-order valence-corrected chi connectivity index (χ2v) is 3.29. The highest BCUT2D eigenvalue weighted by atomic mass is 35.5. The molecule has 0 fully saturated rings. The third-order valence-corrected chi connectivity index (χ3v) is 2.23. The van der Waals surface area contributed by atoms with Gasteiger partial charge in [-0.25, -0.2) is 4.79 Å². The minimum absolute atomic E-state index is 0.142. The van der Waals surface area contributed by atoms with E-state index in [1.807, 2.05) is 0 Å². The maximum absolute atomic E-state index is 10.6. The van der Waals surface area contributed by atoms with Crippen LogP contribution >= 0.6 is 11.6 Å². The summed E-state index contributed by atoms with van der Waals surface area (Å²) in [7, 11) is 0. The summed E-state index contributed by atoms with van der Waals surface area (Å²) >= 11 is 5.85. The van der Waals surface area contributed by atoms with Crippen molar-refractivity contribution in [3.63, 3.8) is 0 Å². The molecule has 5 N–H and O–H groups in total. The maximum atomic E-state index is 10.6. The minimum Gasteiger partial charge on any atom is -0.478 e. The fourth-order valence-corrected chi connectivity index (χ4v) is 1.41. The van der Waals surface area contributed by atoms with Crippen molar-refractivity contribution < 1.29 is 9.90 Å². The Bertz CT molecular complexity index is 355. The van der Waals surface area contributed by atoms with Crippen molar-refractivity contribution in [3.8, 4) is 0 Å². The molecular formula is C9H11ClN2O2. The van der Waals surface area contributed by atoms with Gasteiger partial charge in [0.25, 0.3) is 0 Å². The monoisotopic (exact) mass is 214 g/mol. The van der Waals surface area contributed by atoms with Crippen molar-refractivity contribution in [3.05, 3.63) is 34.3 Å². The largest absolute Gasteiger partial charge is 0.478 e. The topological polar surface area (TPSA) is 89.3 Å². The van der Waals surface area contributed by atoms with Crippen LogP contribution < -0.4 is 11.5 Å². The minimum atomic E-state index is -1.01. The summed E-state index contributed by atoms with van der Waals surface area (Å²) in [6.45, 7) is 0.270. The number of hydrogen-bond donors (Lipinski definition) is 3. The highest BCUT2D eigenvalue weighted by molar-refractivity contribution is 6.31. The lowest BCUT2D eigenvalue weighted by molar-refractivity contribution is 0.0697. The third-order valence-electron chi connectivity index (χ3n) is 1.90. The Hall–Kier alpha value is -1.10. The number of rotatable bonds is 3. The van der Waals surface area contributed by atoms with Crippen LogP contribution in [-0.4, -0.2) is 17.6 Å². The van der Waals surface area contributed by atoms with Crippen LogP contribution in [0.1, 0.15) is 22.0 Å². The molecule has 0 saturated carbocycles. The number of hydrogen-bond acceptors (Lipinski definition) is 3. The summed E-state index contributed by atoms with van der Waals surface area (Å²) in [4.78, 5) is 10.6. The van der Waals surface area contributed by atoms with Crippen LogP contribution in [0.3, 0.4) is 0 Å². The van der Waals surface area contributed by atoms with Crippen molar-refractivity contribution in [2.24, 2.45) is 11.5 Å². The smallest absolute Gasteiger partial charge is 0.335 e. The SMILES string of the molecule is NC[C@H](N)c1ccc(C(=O)O)cc1Cl. The molecule has 0 bridgehead atoms. The van der Waals surface area contributed by atoms with Gasteiger partial charge in [-0.15, -0.1) is 0 Å². The number of nitrogens with two attached hydrogens (primary N) is 2. The Balaban J connectivity index is 3.07. The van der Waals surface area contributed by atoms with E-state index >= 15 is 0 Å². The Morgan fingerprint density at radius 2 is 2.21 bits per heavy atom. The zero-order chi connectivity index (χ0) is 10.7. The van der Waals surface area contributed by atoms with E-state index in [2.05, 4.69) is 0 Å². The number of halogens is 1. The summed E-state index contributed by atoms with van der Waals surface area (Å²) < 4.78 is 0. The lowest BCUT2D eigenvalue weighted by atomic mass is 10.1. The first-order valence-electron chi connectivity index (χ1n) is 4.04. The quantitative estimate of drug-likeness (QED) is 0.700. The molecule has 0 aliphatic carbocycles. The van der Waals surface area contributed by atoms with Crippen molar-refractivity contribution in [2.75, 3.05) is 6.54 Å². The van der Waals surface area contributed by atoms with E-state index in [4.69, 9.17) is 28.2 Å². The molecule has 0 saturated heterocycles. The molecule has 1 atom stereocenters. The second-order valence-electron chi connectivity index (χ2n) is 2.88. The van der Waals surface area contributed by atoms with Gasteiger partial charge in [0.15, 0.2) is 0 Å². The molecule has 1 aromatic carbocycles. The molecule has 0 heterocycles. The lowest BCUT2D eigenvalue weighted by Gasteiger charge is -2.11. The molecule has 0 aliphatic heterocycles. The van der Waals surface area contributed by atoms with Crippen molar-refractivity contribution in [1.82, 2.24) is 0 Å². The van der Waals surface area contributed by atoms with Gasteiger partial charge in [0.1, 0.15) is 0 Å². The second kappa shape index (κ2) is 4.41. The zero-order valence-electron chi connectivity index (χ0n) is 7.40. The average Bonchev–Trinajstić information content (AvgIpc) is 2.16. The fourth-order valence-electron chi connectivity index (χ4n) is 1.09. The maximum Gasteiger partial charge on any atom is 0.335 e. The number of carboxylic acids is 1. The van der Waals surface area contributed by atoms with Gasteiger partial charge in [-0.1, -0.05) is 17.7 Å². The van der Waals surface area contributed by atoms with Crippen LogP contribution in [0.4, 0.5) is 0 Å². The van der Waals surface area contributed by atoms with Gasteiger partial charge in [-0.05, 0) is 17.7 Å². The van der Waals surface area contributed by atoms with E-state index in [1.54, 1.807) is 6.07 Å². The fraction of sp³-hybridized carbons (Fsp3) is 0.222. The summed E-state index contributed by atoms with van der Waals surface area (Å²) in [6.07, 6.45) is 0. The molecule has 0 unspecified atom stereocenters. The molecule has 0 amide bonds. The van der Waals surface area contributed by atoms with Gasteiger partial charge < -0.3 is 16.6 Å². The van der Waals surface area contributed by atoms with E-state index in [9.17, 15) is 4.79 Å². The van der Waals surface area contributed by atoms with Crippen molar-refractivity contribution in [2.45, 2.75) is 6.04 Å². The highest BCUT2D eigenvalue weighted by Crippen LogP contribution is 2.22. The first-order valence-corrected chi connectivity index (χ1v) is 4.42. The zero-order valence-corrected chi connectivity index (χ0v) is 8.16. The van der Waals surface area contributed by atoms with E-state index in [1.165, 1.54) is 12.1 Å². The number of carbonyl (C=O) groups is 1. The standard InChI is InChI=1S/C9H11ClN2O2/c10-7-3-5(9(13)14)1-2-6(7)8(12)4-11/h1-3,8H,4,11-12H2,(H,13,14)/t8-/m0/s1. The first kappa shape index (κ1) is 11.0. The van der Waals surface area contributed by atoms with Crippen LogP contribution in [0.25, 0.3) is 0 Å². The summed E-state index contributed by atoms with van der Waals surface area (Å²) in [5.74, 6) is -1.01. The van der Waals surface area contributed by atoms with Crippen LogP contribution in [0.15, 0.2) is 18.2 Å². The van der Waals surface area contributed by atoms with E-state index in [0.29, 0.717) is 10.6 Å². The molecule has 0 radical (unpaired) electrons. The van der Waals surface area contributed by atoms with Gasteiger partial charge in [0.2, 0.25) is 0 Å². The predicted octanol–water partition coefficient (Wildman–Crippen LogP) is 0.997. The highest BCUT2D eigenvalue weighted by Gasteiger charge is 2.11. The van der Waals surface area contributed by atoms with Gasteiger partial charge in [0.05, 0.1) is 5.56 Å². The molecule has 0 aliphatic rings. The number of carboxylic acid groups (broad SMARTS) is 1. The Labute approximate surface area is 86.5 Å². The molecule has 1 aromatic rings. The van der Waals surface area contributed by atoms with Gasteiger partial charge in [-0.2, -0.15) is 0 Å². The Kier molecular flexibility index (Phi) is 3.46.